The molecule has 1 saturated carbocycles. The molecule has 18 heavy (non-hydrogen) atoms. The van der Waals surface area contributed by atoms with Crippen LogP contribution in [0.1, 0.15) is 31.5 Å². The average Bonchev–Trinajstić information content (AvgIpc) is 3.15. The molecule has 3 rings (SSSR count). The molecular formula is C14H16FN3. The molecule has 3 nitrogen and oxygen atoms in total. The molecule has 1 aromatic heterocycles. The van der Waals surface area contributed by atoms with Gasteiger partial charge in [0.15, 0.2) is 0 Å². The van der Waals surface area contributed by atoms with Crippen molar-refractivity contribution in [2.75, 3.05) is 5.73 Å². The fourth-order valence-electron chi connectivity index (χ4n) is 2.29. The van der Waals surface area contributed by atoms with Crippen LogP contribution in [0.2, 0.25) is 0 Å². The molecule has 0 unspecified atom stereocenters. The van der Waals surface area contributed by atoms with Crippen molar-refractivity contribution in [1.82, 2.24) is 9.55 Å². The van der Waals surface area contributed by atoms with Crippen LogP contribution in [0.25, 0.3) is 11.3 Å². The average molecular weight is 245 g/mol. The Morgan fingerprint density at radius 2 is 2.00 bits per heavy atom. The molecule has 0 atom stereocenters. The lowest BCUT2D eigenvalue weighted by molar-refractivity contribution is 0.628. The van der Waals surface area contributed by atoms with Gasteiger partial charge in [-0.2, -0.15) is 0 Å². The molecule has 94 valence electrons. The van der Waals surface area contributed by atoms with Crippen LogP contribution in [-0.2, 0) is 6.54 Å². The summed E-state index contributed by atoms with van der Waals surface area (Å²) in [6, 6.07) is 6.34. The van der Waals surface area contributed by atoms with Crippen LogP contribution in [0.15, 0.2) is 24.3 Å². The standard InChI is InChI=1S/C14H16FN3/c1-2-18-13(16)12(17-14(18)10-3-4-10)9-5-7-11(15)8-6-9/h5-8,10H,2-4,16H2,1H3. The quantitative estimate of drug-likeness (QED) is 0.902. The SMILES string of the molecule is CCn1c(C2CC2)nc(-c2ccc(F)cc2)c1N. The van der Waals surface area contributed by atoms with E-state index in [0.717, 1.165) is 23.6 Å². The minimum absolute atomic E-state index is 0.241. The van der Waals surface area contributed by atoms with Crippen molar-refractivity contribution in [2.24, 2.45) is 0 Å². The zero-order valence-electron chi connectivity index (χ0n) is 10.4. The van der Waals surface area contributed by atoms with Gasteiger partial charge in [-0.3, -0.25) is 0 Å². The number of nitrogens with two attached hydrogens (primary N) is 1. The third-order valence-electron chi connectivity index (χ3n) is 3.41. The van der Waals surface area contributed by atoms with Crippen LogP contribution in [0.3, 0.4) is 0 Å². The maximum absolute atomic E-state index is 12.9. The summed E-state index contributed by atoms with van der Waals surface area (Å²) in [4.78, 5) is 4.66. The van der Waals surface area contributed by atoms with Crippen LogP contribution in [0.4, 0.5) is 10.2 Å². The second kappa shape index (κ2) is 4.12. The lowest BCUT2D eigenvalue weighted by Crippen LogP contribution is -2.04. The Balaban J connectivity index is 2.08. The first kappa shape index (κ1) is 11.3. The summed E-state index contributed by atoms with van der Waals surface area (Å²) in [5.41, 5.74) is 7.81. The Morgan fingerprint density at radius 1 is 1.33 bits per heavy atom. The van der Waals surface area contributed by atoms with E-state index < -0.39 is 0 Å². The van der Waals surface area contributed by atoms with E-state index in [4.69, 9.17) is 5.73 Å². The highest BCUT2D eigenvalue weighted by atomic mass is 19.1. The fourth-order valence-corrected chi connectivity index (χ4v) is 2.29. The second-order valence-corrected chi connectivity index (χ2v) is 4.73. The number of rotatable bonds is 3. The minimum Gasteiger partial charge on any atom is -0.383 e. The summed E-state index contributed by atoms with van der Waals surface area (Å²) in [5, 5.41) is 0. The number of hydrogen-bond donors (Lipinski definition) is 1. The number of halogens is 1. The molecular weight excluding hydrogens is 229 g/mol. The van der Waals surface area contributed by atoms with Crippen molar-refractivity contribution in [3.63, 3.8) is 0 Å². The molecule has 0 spiro atoms. The molecule has 0 saturated heterocycles. The van der Waals surface area contributed by atoms with Gasteiger partial charge >= 0.3 is 0 Å². The lowest BCUT2D eigenvalue weighted by Gasteiger charge is -2.05. The summed E-state index contributed by atoms with van der Waals surface area (Å²) in [7, 11) is 0. The Hall–Kier alpha value is -1.84. The normalized spacial score (nSPS) is 15.0. The summed E-state index contributed by atoms with van der Waals surface area (Å²) >= 11 is 0. The van der Waals surface area contributed by atoms with Gasteiger partial charge in [-0.25, -0.2) is 9.37 Å². The van der Waals surface area contributed by atoms with E-state index in [2.05, 4.69) is 16.5 Å². The zero-order valence-corrected chi connectivity index (χ0v) is 10.4. The third-order valence-corrected chi connectivity index (χ3v) is 3.41. The molecule has 2 N–H and O–H groups in total. The minimum atomic E-state index is -0.241. The second-order valence-electron chi connectivity index (χ2n) is 4.73. The summed E-state index contributed by atoms with van der Waals surface area (Å²) in [5.74, 6) is 2.08. The van der Waals surface area contributed by atoms with Crippen molar-refractivity contribution in [3.05, 3.63) is 35.9 Å². The summed E-state index contributed by atoms with van der Waals surface area (Å²) in [6.45, 7) is 2.89. The molecule has 0 amide bonds. The number of benzene rings is 1. The van der Waals surface area contributed by atoms with Crippen LogP contribution in [0, 0.1) is 5.82 Å². The van der Waals surface area contributed by atoms with E-state index in [1.807, 2.05) is 0 Å². The summed E-state index contributed by atoms with van der Waals surface area (Å²) < 4.78 is 15.0. The topological polar surface area (TPSA) is 43.8 Å². The van der Waals surface area contributed by atoms with Crippen LogP contribution >= 0.6 is 0 Å². The molecule has 1 fully saturated rings. The van der Waals surface area contributed by atoms with Gasteiger partial charge in [0, 0.05) is 18.0 Å². The van der Waals surface area contributed by atoms with E-state index in [-0.39, 0.29) is 5.82 Å². The van der Waals surface area contributed by atoms with Gasteiger partial charge in [-0.1, -0.05) is 0 Å². The first-order valence-electron chi connectivity index (χ1n) is 6.32. The van der Waals surface area contributed by atoms with Gasteiger partial charge in [-0.15, -0.1) is 0 Å². The lowest BCUT2D eigenvalue weighted by atomic mass is 10.1. The number of anilines is 1. The maximum Gasteiger partial charge on any atom is 0.131 e. The number of nitrogens with zero attached hydrogens (tertiary/aromatic N) is 2. The molecule has 4 heteroatoms. The van der Waals surface area contributed by atoms with Crippen molar-refractivity contribution >= 4 is 5.82 Å². The van der Waals surface area contributed by atoms with Gasteiger partial charge in [0.2, 0.25) is 0 Å². The Labute approximate surface area is 105 Å². The highest BCUT2D eigenvalue weighted by Gasteiger charge is 2.30. The number of aromatic nitrogens is 2. The number of hydrogen-bond acceptors (Lipinski definition) is 2. The molecule has 0 radical (unpaired) electrons. The van der Waals surface area contributed by atoms with Gasteiger partial charge < -0.3 is 10.3 Å². The van der Waals surface area contributed by atoms with E-state index in [1.54, 1.807) is 12.1 Å². The predicted molar refractivity (Wildman–Crippen MR) is 69.7 cm³/mol. The van der Waals surface area contributed by atoms with Gasteiger partial charge in [0.1, 0.15) is 23.2 Å². The highest BCUT2D eigenvalue weighted by Crippen LogP contribution is 2.42. The Bertz CT molecular complexity index is 567. The van der Waals surface area contributed by atoms with Crippen LogP contribution in [0.5, 0.6) is 0 Å². The molecule has 0 bridgehead atoms. The van der Waals surface area contributed by atoms with Crippen LogP contribution in [-0.4, -0.2) is 9.55 Å². The van der Waals surface area contributed by atoms with Gasteiger partial charge in [0.25, 0.3) is 0 Å². The van der Waals surface area contributed by atoms with E-state index >= 15 is 0 Å². The van der Waals surface area contributed by atoms with Gasteiger partial charge in [0.05, 0.1) is 0 Å². The van der Waals surface area contributed by atoms with Crippen LogP contribution < -0.4 is 5.73 Å². The number of imidazole rings is 1. The largest absolute Gasteiger partial charge is 0.383 e. The van der Waals surface area contributed by atoms with E-state index in [9.17, 15) is 4.39 Å². The molecule has 1 aliphatic rings. The van der Waals surface area contributed by atoms with Crippen molar-refractivity contribution in [2.45, 2.75) is 32.2 Å². The maximum atomic E-state index is 12.9. The third kappa shape index (κ3) is 1.78. The Kier molecular flexibility index (Phi) is 2.58. The first-order valence-corrected chi connectivity index (χ1v) is 6.32. The predicted octanol–water partition coefficient (Wildman–Crippen LogP) is 3.17. The van der Waals surface area contributed by atoms with Crippen molar-refractivity contribution < 1.29 is 4.39 Å². The Morgan fingerprint density at radius 3 is 2.56 bits per heavy atom. The van der Waals surface area contributed by atoms with E-state index in [0.29, 0.717) is 11.7 Å². The van der Waals surface area contributed by atoms with Crippen molar-refractivity contribution in [1.29, 1.82) is 0 Å². The fraction of sp³-hybridized carbons (Fsp3) is 0.357. The summed E-state index contributed by atoms with van der Waals surface area (Å²) in [6.07, 6.45) is 2.39. The van der Waals surface area contributed by atoms with Gasteiger partial charge in [-0.05, 0) is 44.0 Å². The molecule has 1 aliphatic carbocycles. The van der Waals surface area contributed by atoms with E-state index in [1.165, 1.54) is 25.0 Å². The molecule has 1 aromatic carbocycles. The smallest absolute Gasteiger partial charge is 0.131 e. The molecule has 2 aromatic rings. The monoisotopic (exact) mass is 245 g/mol. The molecule has 1 heterocycles. The first-order chi connectivity index (χ1) is 8.70. The number of nitrogen functional groups attached to an aromatic ring is 1. The molecule has 0 aliphatic heterocycles. The van der Waals surface area contributed by atoms with Crippen molar-refractivity contribution in [3.8, 4) is 11.3 Å². The highest BCUT2D eigenvalue weighted by molar-refractivity contribution is 5.71. The zero-order chi connectivity index (χ0) is 12.7.